The lowest BCUT2D eigenvalue weighted by atomic mass is 10.1. The van der Waals surface area contributed by atoms with Crippen molar-refractivity contribution in [2.45, 2.75) is 13.3 Å². The summed E-state index contributed by atoms with van der Waals surface area (Å²) in [4.78, 5) is 13.4. The van der Waals surface area contributed by atoms with Gasteiger partial charge in [0.1, 0.15) is 0 Å². The first-order valence-electron chi connectivity index (χ1n) is 6.60. The highest BCUT2D eigenvalue weighted by atomic mass is 35.5. The smallest absolute Gasteiger partial charge is 0.272 e. The number of nitrogens with zero attached hydrogens (tertiary/aromatic N) is 1. The number of aromatic amines is 1. The number of aromatic nitrogens is 2. The fraction of sp³-hybridized carbons (Fsp3) is 0.200. The van der Waals surface area contributed by atoms with E-state index in [1.807, 2.05) is 37.3 Å². The molecule has 6 heteroatoms. The summed E-state index contributed by atoms with van der Waals surface area (Å²) >= 11 is 7.41. The van der Waals surface area contributed by atoms with Crippen LogP contribution >= 0.6 is 22.9 Å². The normalized spacial score (nSPS) is 11.0. The first-order valence-corrected chi connectivity index (χ1v) is 7.80. The van der Waals surface area contributed by atoms with Crippen LogP contribution in [0.25, 0.3) is 10.9 Å². The molecule has 108 valence electrons. The molecule has 1 amide bonds. The highest BCUT2D eigenvalue weighted by Gasteiger charge is 2.13. The van der Waals surface area contributed by atoms with Gasteiger partial charge in [0.05, 0.1) is 9.85 Å². The van der Waals surface area contributed by atoms with Gasteiger partial charge in [-0.2, -0.15) is 5.10 Å². The van der Waals surface area contributed by atoms with Gasteiger partial charge < -0.3 is 5.32 Å². The van der Waals surface area contributed by atoms with Gasteiger partial charge >= 0.3 is 0 Å². The SMILES string of the molecule is Cc1ccc2[nH]nc(C(=O)NCCc3ccc(Cl)s3)c2c1. The van der Waals surface area contributed by atoms with Crippen molar-refractivity contribution >= 4 is 39.7 Å². The Labute approximate surface area is 131 Å². The number of thiophene rings is 1. The van der Waals surface area contributed by atoms with E-state index in [-0.39, 0.29) is 5.91 Å². The summed E-state index contributed by atoms with van der Waals surface area (Å²) in [5.41, 5.74) is 2.42. The maximum absolute atomic E-state index is 12.2. The van der Waals surface area contributed by atoms with Crippen molar-refractivity contribution in [2.75, 3.05) is 6.54 Å². The van der Waals surface area contributed by atoms with Crippen LogP contribution in [-0.2, 0) is 6.42 Å². The molecule has 0 radical (unpaired) electrons. The van der Waals surface area contributed by atoms with Crippen molar-refractivity contribution in [2.24, 2.45) is 0 Å². The Balaban J connectivity index is 1.68. The number of carbonyl (C=O) groups excluding carboxylic acids is 1. The second kappa shape index (κ2) is 5.87. The zero-order valence-electron chi connectivity index (χ0n) is 11.4. The number of carbonyl (C=O) groups is 1. The molecule has 0 saturated heterocycles. The second-order valence-corrected chi connectivity index (χ2v) is 6.63. The predicted molar refractivity (Wildman–Crippen MR) is 86.2 cm³/mol. The first-order chi connectivity index (χ1) is 10.1. The Morgan fingerprint density at radius 3 is 3.00 bits per heavy atom. The lowest BCUT2D eigenvalue weighted by Crippen LogP contribution is -2.26. The molecule has 2 heterocycles. The highest BCUT2D eigenvalue weighted by molar-refractivity contribution is 7.16. The third-order valence-corrected chi connectivity index (χ3v) is 4.51. The molecule has 3 rings (SSSR count). The van der Waals surface area contributed by atoms with Crippen LogP contribution in [0.1, 0.15) is 20.9 Å². The fourth-order valence-corrected chi connectivity index (χ4v) is 3.26. The maximum Gasteiger partial charge on any atom is 0.272 e. The van der Waals surface area contributed by atoms with E-state index in [1.165, 1.54) is 11.3 Å². The summed E-state index contributed by atoms with van der Waals surface area (Å²) in [6.45, 7) is 2.56. The molecule has 21 heavy (non-hydrogen) atoms. The summed E-state index contributed by atoms with van der Waals surface area (Å²) in [5, 5.41) is 10.7. The standard InChI is InChI=1S/C15H14ClN3OS/c1-9-2-4-12-11(8-9)14(19-18-12)15(20)17-7-6-10-3-5-13(16)21-10/h2-5,8H,6-7H2,1H3,(H,17,20)(H,18,19). The minimum atomic E-state index is -0.158. The molecular formula is C15H14ClN3OS. The van der Waals surface area contributed by atoms with Crippen LogP contribution in [0.3, 0.4) is 0 Å². The Morgan fingerprint density at radius 2 is 2.24 bits per heavy atom. The van der Waals surface area contributed by atoms with Gasteiger partial charge in [0.15, 0.2) is 5.69 Å². The van der Waals surface area contributed by atoms with Gasteiger partial charge in [-0.15, -0.1) is 11.3 Å². The molecular weight excluding hydrogens is 306 g/mol. The number of fused-ring (bicyclic) bond motifs is 1. The van der Waals surface area contributed by atoms with E-state index in [4.69, 9.17) is 11.6 Å². The number of halogens is 1. The van der Waals surface area contributed by atoms with Gasteiger partial charge in [-0.05, 0) is 37.6 Å². The molecule has 3 aromatic rings. The summed E-state index contributed by atoms with van der Waals surface area (Å²) in [6, 6.07) is 9.73. The molecule has 2 N–H and O–H groups in total. The van der Waals surface area contributed by atoms with Crippen molar-refractivity contribution in [3.8, 4) is 0 Å². The van der Waals surface area contributed by atoms with Crippen LogP contribution in [-0.4, -0.2) is 22.6 Å². The number of nitrogens with one attached hydrogen (secondary N) is 2. The average molecular weight is 320 g/mol. The van der Waals surface area contributed by atoms with Gasteiger partial charge in [-0.25, -0.2) is 0 Å². The second-order valence-electron chi connectivity index (χ2n) is 4.83. The Bertz CT molecular complexity index is 793. The van der Waals surface area contributed by atoms with Gasteiger partial charge in [0.2, 0.25) is 0 Å². The van der Waals surface area contributed by atoms with Crippen LogP contribution in [0.15, 0.2) is 30.3 Å². The molecule has 4 nitrogen and oxygen atoms in total. The third-order valence-electron chi connectivity index (χ3n) is 3.22. The van der Waals surface area contributed by atoms with Crippen LogP contribution in [0.5, 0.6) is 0 Å². The first kappa shape index (κ1) is 14.1. The molecule has 1 aromatic carbocycles. The zero-order valence-corrected chi connectivity index (χ0v) is 13.0. The lowest BCUT2D eigenvalue weighted by Gasteiger charge is -2.02. The van der Waals surface area contributed by atoms with E-state index in [9.17, 15) is 4.79 Å². The van der Waals surface area contributed by atoms with Crippen molar-refractivity contribution in [1.29, 1.82) is 0 Å². The maximum atomic E-state index is 12.2. The van der Waals surface area contributed by atoms with Crippen LogP contribution < -0.4 is 5.32 Å². The molecule has 0 atom stereocenters. The van der Waals surface area contributed by atoms with Gasteiger partial charge in [-0.1, -0.05) is 23.2 Å². The van der Waals surface area contributed by atoms with E-state index in [0.29, 0.717) is 12.2 Å². The number of H-pyrrole nitrogens is 1. The van der Waals surface area contributed by atoms with E-state index in [2.05, 4.69) is 15.5 Å². The lowest BCUT2D eigenvalue weighted by molar-refractivity contribution is 0.0951. The minimum Gasteiger partial charge on any atom is -0.350 e. The number of amides is 1. The van der Waals surface area contributed by atoms with Gasteiger partial charge in [0.25, 0.3) is 5.91 Å². The summed E-state index contributed by atoms with van der Waals surface area (Å²) in [6.07, 6.45) is 0.768. The number of aryl methyl sites for hydroxylation is 1. The number of hydrogen-bond donors (Lipinski definition) is 2. The van der Waals surface area contributed by atoms with Crippen molar-refractivity contribution in [1.82, 2.24) is 15.5 Å². The summed E-state index contributed by atoms with van der Waals surface area (Å²) < 4.78 is 0.769. The molecule has 0 bridgehead atoms. The minimum absolute atomic E-state index is 0.158. The molecule has 0 aliphatic heterocycles. The topological polar surface area (TPSA) is 57.8 Å². The fourth-order valence-electron chi connectivity index (χ4n) is 2.17. The van der Waals surface area contributed by atoms with E-state index in [1.54, 1.807) is 0 Å². The summed E-state index contributed by atoms with van der Waals surface area (Å²) in [5.74, 6) is -0.158. The quantitative estimate of drug-likeness (QED) is 0.772. The van der Waals surface area contributed by atoms with E-state index < -0.39 is 0 Å². The number of benzene rings is 1. The molecule has 0 saturated carbocycles. The third kappa shape index (κ3) is 3.09. The van der Waals surface area contributed by atoms with Crippen LogP contribution in [0.4, 0.5) is 0 Å². The van der Waals surface area contributed by atoms with Crippen LogP contribution in [0, 0.1) is 6.92 Å². The molecule has 0 unspecified atom stereocenters. The highest BCUT2D eigenvalue weighted by Crippen LogP contribution is 2.21. The Morgan fingerprint density at radius 1 is 1.38 bits per heavy atom. The number of hydrogen-bond acceptors (Lipinski definition) is 3. The largest absolute Gasteiger partial charge is 0.350 e. The molecule has 2 aromatic heterocycles. The van der Waals surface area contributed by atoms with Crippen molar-refractivity contribution in [3.63, 3.8) is 0 Å². The zero-order chi connectivity index (χ0) is 14.8. The van der Waals surface area contributed by atoms with Gasteiger partial charge in [-0.3, -0.25) is 9.89 Å². The summed E-state index contributed by atoms with van der Waals surface area (Å²) in [7, 11) is 0. The van der Waals surface area contributed by atoms with Gasteiger partial charge in [0, 0.05) is 16.8 Å². The monoisotopic (exact) mass is 319 g/mol. The Hall–Kier alpha value is -1.85. The van der Waals surface area contributed by atoms with Crippen molar-refractivity contribution in [3.05, 3.63) is 50.8 Å². The molecule has 0 fully saturated rings. The molecule has 0 spiro atoms. The molecule has 0 aliphatic rings. The predicted octanol–water partition coefficient (Wildman–Crippen LogP) is 3.56. The van der Waals surface area contributed by atoms with E-state index in [0.717, 1.165) is 32.1 Å². The molecule has 0 aliphatic carbocycles. The average Bonchev–Trinajstić information content (AvgIpc) is 3.04. The Kier molecular flexibility index (Phi) is 3.94. The van der Waals surface area contributed by atoms with E-state index >= 15 is 0 Å². The van der Waals surface area contributed by atoms with Crippen molar-refractivity contribution < 1.29 is 4.79 Å². The number of rotatable bonds is 4. The van der Waals surface area contributed by atoms with Crippen LogP contribution in [0.2, 0.25) is 4.34 Å².